The van der Waals surface area contributed by atoms with E-state index < -0.39 is 24.9 Å². The van der Waals surface area contributed by atoms with Gasteiger partial charge in [-0.15, -0.1) is 0 Å². The van der Waals surface area contributed by atoms with Crippen LogP contribution in [0.2, 0.25) is 10.0 Å². The number of nitrogens with one attached hydrogen (secondary N) is 1. The third-order valence-electron chi connectivity index (χ3n) is 4.02. The predicted molar refractivity (Wildman–Crippen MR) is 90.5 cm³/mol. The second kappa shape index (κ2) is 6.90. The molecule has 9 heteroatoms. The Kier molecular flexibility index (Phi) is 4.99. The third-order valence-corrected chi connectivity index (χ3v) is 4.73. The summed E-state index contributed by atoms with van der Waals surface area (Å²) in [6.45, 7) is -0.434. The van der Waals surface area contributed by atoms with Crippen LogP contribution in [0.5, 0.6) is 0 Å². The average Bonchev–Trinajstić information content (AvgIpc) is 2.94. The number of fused-ring (bicyclic) bond motifs is 1. The number of halogens is 5. The minimum absolute atomic E-state index is 0.132. The fourth-order valence-electron chi connectivity index (χ4n) is 2.79. The Morgan fingerprint density at radius 3 is 2.52 bits per heavy atom. The van der Waals surface area contributed by atoms with Gasteiger partial charge >= 0.3 is 6.18 Å². The zero-order valence-corrected chi connectivity index (χ0v) is 14.3. The largest absolute Gasteiger partial charge is 0.412 e. The zero-order chi connectivity index (χ0) is 18.2. The van der Waals surface area contributed by atoms with Crippen LogP contribution < -0.4 is 5.32 Å². The second-order valence-electron chi connectivity index (χ2n) is 5.57. The highest BCUT2D eigenvalue weighted by Crippen LogP contribution is 2.34. The number of benzene rings is 1. The van der Waals surface area contributed by atoms with Gasteiger partial charge in [-0.1, -0.05) is 29.3 Å². The van der Waals surface area contributed by atoms with E-state index in [0.717, 1.165) is 0 Å². The maximum atomic E-state index is 13.2. The smallest absolute Gasteiger partial charge is 0.394 e. The van der Waals surface area contributed by atoms with Gasteiger partial charge in [0.05, 0.1) is 18.3 Å². The summed E-state index contributed by atoms with van der Waals surface area (Å²) >= 11 is 12.2. The van der Waals surface area contributed by atoms with E-state index in [-0.39, 0.29) is 12.4 Å². The van der Waals surface area contributed by atoms with E-state index in [4.69, 9.17) is 23.2 Å². The van der Waals surface area contributed by atoms with Crippen LogP contribution in [0.1, 0.15) is 5.56 Å². The highest BCUT2D eigenvalue weighted by atomic mass is 35.5. The lowest BCUT2D eigenvalue weighted by Gasteiger charge is -2.29. The quantitative estimate of drug-likeness (QED) is 0.825. The summed E-state index contributed by atoms with van der Waals surface area (Å²) in [6, 6.07) is 1.91. The summed E-state index contributed by atoms with van der Waals surface area (Å²) in [5, 5.41) is 13.3. The van der Waals surface area contributed by atoms with Gasteiger partial charge in [-0.25, -0.2) is 0 Å². The summed E-state index contributed by atoms with van der Waals surface area (Å²) in [6.07, 6.45) is 0.145. The minimum atomic E-state index is -4.54. The molecule has 2 N–H and O–H groups in total. The Morgan fingerprint density at radius 1 is 1.24 bits per heavy atom. The van der Waals surface area contributed by atoms with Crippen LogP contribution >= 0.6 is 23.2 Å². The van der Waals surface area contributed by atoms with Gasteiger partial charge in [0.2, 0.25) is 0 Å². The van der Waals surface area contributed by atoms with Crippen molar-refractivity contribution in [3.63, 3.8) is 0 Å². The van der Waals surface area contributed by atoms with Gasteiger partial charge in [-0.3, -0.25) is 4.99 Å². The van der Waals surface area contributed by atoms with Crippen molar-refractivity contribution in [2.24, 2.45) is 4.99 Å². The molecule has 0 amide bonds. The Hall–Kier alpha value is -1.70. The van der Waals surface area contributed by atoms with Crippen molar-refractivity contribution in [3.05, 3.63) is 57.9 Å². The molecular weight excluding hydrogens is 378 g/mol. The van der Waals surface area contributed by atoms with Gasteiger partial charge in [-0.05, 0) is 24.3 Å². The van der Waals surface area contributed by atoms with Crippen LogP contribution in [0.4, 0.5) is 13.2 Å². The first-order valence-electron chi connectivity index (χ1n) is 7.42. The molecule has 0 aromatic heterocycles. The van der Waals surface area contributed by atoms with Crippen molar-refractivity contribution in [2.45, 2.75) is 24.8 Å². The number of aliphatic imine (C=N–C) groups is 1. The molecule has 0 aliphatic carbocycles. The maximum absolute atomic E-state index is 13.2. The first-order chi connectivity index (χ1) is 11.8. The first kappa shape index (κ1) is 18.1. The molecule has 0 saturated heterocycles. The van der Waals surface area contributed by atoms with Crippen LogP contribution in [0.3, 0.4) is 0 Å². The molecule has 2 atom stereocenters. The van der Waals surface area contributed by atoms with E-state index in [1.165, 1.54) is 11.1 Å². The number of hydrogen-bond acceptors (Lipinski definition) is 4. The molecule has 0 bridgehead atoms. The Morgan fingerprint density at radius 2 is 1.92 bits per heavy atom. The highest BCUT2D eigenvalue weighted by Gasteiger charge is 2.51. The van der Waals surface area contributed by atoms with E-state index in [9.17, 15) is 18.3 Å². The molecule has 0 saturated carbocycles. The van der Waals surface area contributed by atoms with Crippen molar-refractivity contribution in [1.82, 2.24) is 10.2 Å². The van der Waals surface area contributed by atoms with E-state index >= 15 is 0 Å². The Labute approximate surface area is 152 Å². The number of rotatable bonds is 4. The average molecular weight is 392 g/mol. The van der Waals surface area contributed by atoms with Crippen molar-refractivity contribution in [2.75, 3.05) is 6.61 Å². The maximum Gasteiger partial charge on any atom is 0.412 e. The molecule has 0 spiro atoms. The molecule has 2 aliphatic rings. The predicted octanol–water partition coefficient (Wildman–Crippen LogP) is 3.50. The van der Waals surface area contributed by atoms with Gasteiger partial charge in [0, 0.05) is 28.4 Å². The number of aliphatic hydroxyl groups excluding tert-OH is 1. The Balaban J connectivity index is 1.83. The molecule has 0 fully saturated rings. The van der Waals surface area contributed by atoms with Crippen LogP contribution in [-0.2, 0) is 6.54 Å². The van der Waals surface area contributed by atoms with Crippen LogP contribution in [0.15, 0.2) is 47.2 Å². The number of hydrogen-bond donors (Lipinski definition) is 2. The van der Waals surface area contributed by atoms with Crippen LogP contribution in [-0.4, -0.2) is 40.7 Å². The summed E-state index contributed by atoms with van der Waals surface area (Å²) in [7, 11) is 0. The number of amidine groups is 1. The molecule has 0 radical (unpaired) electrons. The lowest BCUT2D eigenvalue weighted by Crippen LogP contribution is -2.46. The number of nitrogens with zero attached hydrogens (tertiary/aromatic N) is 2. The molecule has 1 aromatic carbocycles. The van der Waals surface area contributed by atoms with Crippen LogP contribution in [0, 0.1) is 0 Å². The van der Waals surface area contributed by atoms with Gasteiger partial charge in [-0.2, -0.15) is 13.2 Å². The van der Waals surface area contributed by atoms with Gasteiger partial charge in [0.1, 0.15) is 0 Å². The Bertz CT molecular complexity index is 741. The monoisotopic (exact) mass is 391 g/mol. The van der Waals surface area contributed by atoms with Crippen molar-refractivity contribution in [1.29, 1.82) is 0 Å². The van der Waals surface area contributed by atoms with E-state index in [1.54, 1.807) is 30.4 Å². The van der Waals surface area contributed by atoms with Crippen molar-refractivity contribution < 1.29 is 18.3 Å². The second-order valence-corrected chi connectivity index (χ2v) is 6.39. The van der Waals surface area contributed by atoms with E-state index in [1.807, 2.05) is 0 Å². The molecule has 134 valence electrons. The van der Waals surface area contributed by atoms with Crippen molar-refractivity contribution in [3.8, 4) is 0 Å². The standard InChI is InChI=1S/C16H14Cl2F3N3O/c17-10-3-1-4-11(18)9(10)7-22-12-5-2-6-24-13(8-25)14(16(19,20)21)23-15(12)24/h1-6,13-14,22,25H,7-8H2. The normalized spacial score (nSPS) is 22.6. The zero-order valence-electron chi connectivity index (χ0n) is 12.8. The third kappa shape index (κ3) is 3.49. The number of alkyl halides is 3. The molecule has 25 heavy (non-hydrogen) atoms. The minimum Gasteiger partial charge on any atom is -0.394 e. The lowest BCUT2D eigenvalue weighted by atomic mass is 10.1. The van der Waals surface area contributed by atoms with Gasteiger partial charge in [0.25, 0.3) is 0 Å². The molecule has 4 nitrogen and oxygen atoms in total. The number of allylic oxidation sites excluding steroid dienone is 2. The summed E-state index contributed by atoms with van der Waals surface area (Å²) < 4.78 is 39.5. The van der Waals surface area contributed by atoms with E-state index in [2.05, 4.69) is 10.3 Å². The fraction of sp³-hybridized carbons (Fsp3) is 0.312. The topological polar surface area (TPSA) is 47.9 Å². The van der Waals surface area contributed by atoms with E-state index in [0.29, 0.717) is 21.3 Å². The summed E-state index contributed by atoms with van der Waals surface area (Å²) in [5.41, 5.74) is 1.04. The number of aliphatic hydroxyl groups is 1. The molecule has 2 aliphatic heterocycles. The summed E-state index contributed by atoms with van der Waals surface area (Å²) in [4.78, 5) is 5.11. The lowest BCUT2D eigenvalue weighted by molar-refractivity contribution is -0.155. The first-order valence-corrected chi connectivity index (χ1v) is 8.18. The summed E-state index contributed by atoms with van der Waals surface area (Å²) in [5.74, 6) is 0.132. The molecule has 3 rings (SSSR count). The SMILES string of the molecule is OCC1C(C(F)(F)F)N=C2C(NCc3c(Cl)cccc3Cl)=CC=CN21. The van der Waals surface area contributed by atoms with Gasteiger partial charge in [0.15, 0.2) is 11.9 Å². The fourth-order valence-corrected chi connectivity index (χ4v) is 3.32. The molecular formula is C16H14Cl2F3N3O. The molecule has 2 unspecified atom stereocenters. The highest BCUT2D eigenvalue weighted by molar-refractivity contribution is 6.36. The van der Waals surface area contributed by atoms with Crippen molar-refractivity contribution >= 4 is 29.0 Å². The molecule has 1 aromatic rings. The molecule has 2 heterocycles. The van der Waals surface area contributed by atoms with Crippen LogP contribution in [0.25, 0.3) is 0 Å². The van der Waals surface area contributed by atoms with Gasteiger partial charge < -0.3 is 15.3 Å².